The van der Waals surface area contributed by atoms with Crippen LogP contribution in [0.25, 0.3) is 0 Å². The molecule has 0 saturated carbocycles. The molecule has 0 fully saturated rings. The minimum absolute atomic E-state index is 0.0414. The Bertz CT molecular complexity index is 586. The lowest BCUT2D eigenvalue weighted by molar-refractivity contribution is -0.160. The number of carbonyl (C=O) groups is 3. The van der Waals surface area contributed by atoms with Gasteiger partial charge in [0.05, 0.1) is 25.1 Å². The summed E-state index contributed by atoms with van der Waals surface area (Å²) < 4.78 is 11.1. The van der Waals surface area contributed by atoms with Gasteiger partial charge in [0.2, 0.25) is 11.8 Å². The summed E-state index contributed by atoms with van der Waals surface area (Å²) in [5, 5.41) is 2.86. The number of likely N-dealkylation sites (N-methyl/N-ethyl adjacent to an activating group) is 2. The van der Waals surface area contributed by atoms with Gasteiger partial charge in [-0.05, 0) is 46.7 Å². The highest BCUT2D eigenvalue weighted by Gasteiger charge is 2.38. The van der Waals surface area contributed by atoms with E-state index in [0.29, 0.717) is 0 Å². The van der Waals surface area contributed by atoms with Crippen molar-refractivity contribution in [2.24, 2.45) is 11.8 Å². The van der Waals surface area contributed by atoms with Crippen LogP contribution >= 0.6 is 0 Å². The summed E-state index contributed by atoms with van der Waals surface area (Å²) >= 11 is 0. The van der Waals surface area contributed by atoms with Crippen LogP contribution in [-0.4, -0.2) is 86.2 Å². The molecule has 0 aromatic rings. The first kappa shape index (κ1) is 29.3. The number of carbonyl (C=O) groups excluding carboxylic acids is 3. The summed E-state index contributed by atoms with van der Waals surface area (Å²) in [5.74, 6) is -0.786. The summed E-state index contributed by atoms with van der Waals surface area (Å²) in [6.45, 7) is 13.5. The van der Waals surface area contributed by atoms with Gasteiger partial charge in [0.1, 0.15) is 11.6 Å². The van der Waals surface area contributed by atoms with E-state index in [-0.39, 0.29) is 48.6 Å². The monoisotopic (exact) mass is 443 g/mol. The third-order valence-corrected chi connectivity index (χ3v) is 5.20. The van der Waals surface area contributed by atoms with E-state index in [1.807, 2.05) is 48.5 Å². The average molecular weight is 444 g/mol. The van der Waals surface area contributed by atoms with Gasteiger partial charge in [0.25, 0.3) is 0 Å². The molecule has 0 rings (SSSR count). The Balaban J connectivity index is 5.68. The quantitative estimate of drug-likeness (QED) is 0.466. The number of rotatable bonds is 12. The maximum Gasteiger partial charge on any atom is 0.309 e. The minimum atomic E-state index is -0.664. The van der Waals surface area contributed by atoms with Gasteiger partial charge in [0.15, 0.2) is 0 Å². The number of hydrogen-bond acceptors (Lipinski definition) is 6. The minimum Gasteiger partial charge on any atom is -0.460 e. The zero-order valence-corrected chi connectivity index (χ0v) is 21.4. The summed E-state index contributed by atoms with van der Waals surface area (Å²) in [5.41, 5.74) is -0.595. The molecule has 4 atom stereocenters. The summed E-state index contributed by atoms with van der Waals surface area (Å²) in [7, 11) is 6.86. The number of amides is 2. The predicted octanol–water partition coefficient (Wildman–Crippen LogP) is 2.31. The fourth-order valence-corrected chi connectivity index (χ4v) is 3.52. The van der Waals surface area contributed by atoms with Crippen LogP contribution in [0.2, 0.25) is 0 Å². The summed E-state index contributed by atoms with van der Waals surface area (Å²) in [6, 6.07) is -1.01. The smallest absolute Gasteiger partial charge is 0.309 e. The fourth-order valence-electron chi connectivity index (χ4n) is 3.52. The molecule has 1 N–H and O–H groups in total. The Hall–Kier alpha value is -1.67. The van der Waals surface area contributed by atoms with Crippen molar-refractivity contribution in [3.63, 3.8) is 0 Å². The largest absolute Gasteiger partial charge is 0.460 e. The summed E-state index contributed by atoms with van der Waals surface area (Å²) in [6.07, 6.45) is 0.319. The molecule has 0 aliphatic carbocycles. The van der Waals surface area contributed by atoms with E-state index in [0.717, 1.165) is 6.42 Å². The van der Waals surface area contributed by atoms with Crippen LogP contribution in [0.15, 0.2) is 0 Å². The number of esters is 1. The van der Waals surface area contributed by atoms with Crippen molar-refractivity contribution >= 4 is 17.8 Å². The highest BCUT2D eigenvalue weighted by molar-refractivity contribution is 5.88. The van der Waals surface area contributed by atoms with Gasteiger partial charge in [-0.2, -0.15) is 0 Å². The molecule has 0 unspecified atom stereocenters. The number of ether oxygens (including phenoxy) is 2. The molecule has 182 valence electrons. The zero-order chi connectivity index (χ0) is 24.5. The first-order valence-electron chi connectivity index (χ1n) is 11.1. The zero-order valence-electron chi connectivity index (χ0n) is 21.4. The Morgan fingerprint density at radius 1 is 1.03 bits per heavy atom. The number of nitrogens with one attached hydrogen (secondary N) is 1. The van der Waals surface area contributed by atoms with Gasteiger partial charge >= 0.3 is 5.97 Å². The molecular weight excluding hydrogens is 398 g/mol. The predicted molar refractivity (Wildman–Crippen MR) is 123 cm³/mol. The summed E-state index contributed by atoms with van der Waals surface area (Å²) in [4.78, 5) is 41.6. The molecule has 0 aliphatic heterocycles. The number of nitrogens with zero attached hydrogens (tertiary/aromatic N) is 2. The van der Waals surface area contributed by atoms with Crippen molar-refractivity contribution in [1.29, 1.82) is 0 Å². The molecule has 0 spiro atoms. The van der Waals surface area contributed by atoms with E-state index in [4.69, 9.17) is 9.47 Å². The highest BCUT2D eigenvalue weighted by Crippen LogP contribution is 2.24. The molecule has 8 nitrogen and oxygen atoms in total. The molecule has 0 radical (unpaired) electrons. The second kappa shape index (κ2) is 13.0. The van der Waals surface area contributed by atoms with E-state index in [2.05, 4.69) is 5.32 Å². The Kier molecular flexibility index (Phi) is 12.3. The Labute approximate surface area is 189 Å². The molecule has 0 saturated heterocycles. The van der Waals surface area contributed by atoms with Crippen LogP contribution in [0.4, 0.5) is 0 Å². The van der Waals surface area contributed by atoms with Gasteiger partial charge in [0, 0.05) is 14.2 Å². The molecule has 0 bridgehead atoms. The van der Waals surface area contributed by atoms with Crippen molar-refractivity contribution in [2.45, 2.75) is 85.1 Å². The molecular formula is C23H45N3O5. The van der Waals surface area contributed by atoms with Crippen molar-refractivity contribution < 1.29 is 23.9 Å². The maximum atomic E-state index is 13.4. The Morgan fingerprint density at radius 3 is 1.97 bits per heavy atom. The molecule has 8 heteroatoms. The van der Waals surface area contributed by atoms with Crippen LogP contribution in [0.5, 0.6) is 0 Å². The lowest BCUT2D eigenvalue weighted by Crippen LogP contribution is -2.57. The van der Waals surface area contributed by atoms with Crippen molar-refractivity contribution in [3.8, 4) is 0 Å². The van der Waals surface area contributed by atoms with Gasteiger partial charge in [-0.1, -0.05) is 34.1 Å². The van der Waals surface area contributed by atoms with E-state index in [9.17, 15) is 14.4 Å². The molecule has 0 heterocycles. The van der Waals surface area contributed by atoms with Gasteiger partial charge in [-0.3, -0.25) is 14.4 Å². The number of hydrogen-bond donors (Lipinski definition) is 1. The molecule has 0 aromatic carbocycles. The third kappa shape index (κ3) is 10.5. The van der Waals surface area contributed by atoms with E-state index < -0.39 is 17.7 Å². The van der Waals surface area contributed by atoms with Crippen LogP contribution in [-0.2, 0) is 23.9 Å². The molecule has 31 heavy (non-hydrogen) atoms. The first-order valence-corrected chi connectivity index (χ1v) is 11.1. The van der Waals surface area contributed by atoms with E-state index in [1.54, 1.807) is 38.1 Å². The first-order chi connectivity index (χ1) is 14.1. The van der Waals surface area contributed by atoms with Crippen molar-refractivity contribution in [3.05, 3.63) is 0 Å². The fraction of sp³-hybridized carbons (Fsp3) is 0.870. The SMILES string of the molecule is CC[C@H](C)[C@@H]([C@@H](CC(=O)OC(C)(C)C)OC)N(C)C(=O)[C@@H](NC(=O)CN(C)C)C(C)C. The highest BCUT2D eigenvalue weighted by atomic mass is 16.6. The van der Waals surface area contributed by atoms with E-state index in [1.165, 1.54) is 0 Å². The average Bonchev–Trinajstić information content (AvgIpc) is 2.62. The van der Waals surface area contributed by atoms with Crippen LogP contribution in [0.3, 0.4) is 0 Å². The maximum absolute atomic E-state index is 13.4. The second-order valence-corrected chi connectivity index (χ2v) is 9.92. The van der Waals surface area contributed by atoms with Crippen molar-refractivity contribution in [1.82, 2.24) is 15.1 Å². The van der Waals surface area contributed by atoms with Gasteiger partial charge < -0.3 is 24.6 Å². The normalized spacial score (nSPS) is 15.9. The molecule has 0 aromatic heterocycles. The Morgan fingerprint density at radius 2 is 1.58 bits per heavy atom. The lowest BCUT2D eigenvalue weighted by atomic mass is 9.90. The van der Waals surface area contributed by atoms with Crippen LogP contribution in [0, 0.1) is 11.8 Å². The molecule has 2 amide bonds. The van der Waals surface area contributed by atoms with Gasteiger partial charge in [-0.15, -0.1) is 0 Å². The number of methoxy groups -OCH3 is 1. The van der Waals surface area contributed by atoms with Crippen LogP contribution < -0.4 is 5.32 Å². The second-order valence-electron chi connectivity index (χ2n) is 9.92. The lowest BCUT2D eigenvalue weighted by Gasteiger charge is -2.40. The third-order valence-electron chi connectivity index (χ3n) is 5.20. The van der Waals surface area contributed by atoms with E-state index >= 15 is 0 Å². The topological polar surface area (TPSA) is 88.2 Å². The standard InChI is InChI=1S/C23H45N3O5/c1-12-16(4)21(17(30-11)13-19(28)31-23(5,6)7)26(10)22(29)20(15(2)3)24-18(27)14-25(8)9/h15-17,20-21H,12-14H2,1-11H3,(H,24,27)/t16-,17+,20-,21-/m0/s1. The van der Waals surface area contributed by atoms with Gasteiger partial charge in [-0.25, -0.2) is 0 Å². The van der Waals surface area contributed by atoms with Crippen molar-refractivity contribution in [2.75, 3.05) is 34.8 Å². The molecule has 0 aliphatic rings. The van der Waals surface area contributed by atoms with Crippen LogP contribution in [0.1, 0.15) is 61.3 Å².